The highest BCUT2D eigenvalue weighted by atomic mass is 16.1. The van der Waals surface area contributed by atoms with Crippen molar-refractivity contribution in [3.8, 4) is 0 Å². The van der Waals surface area contributed by atoms with Crippen molar-refractivity contribution in [1.29, 1.82) is 0 Å². The molecule has 1 amide bonds. The number of guanidine groups is 1. The third-order valence-corrected chi connectivity index (χ3v) is 3.47. The second kappa shape index (κ2) is 6.62. The van der Waals surface area contributed by atoms with Gasteiger partial charge in [0.2, 0.25) is 11.9 Å². The Morgan fingerprint density at radius 2 is 2.30 bits per heavy atom. The van der Waals surface area contributed by atoms with Gasteiger partial charge in [-0.1, -0.05) is 18.7 Å². The molecule has 7 heteroatoms. The lowest BCUT2D eigenvalue weighted by atomic mass is 9.94. The lowest BCUT2D eigenvalue weighted by molar-refractivity contribution is -0.115. The SMILES string of the molecule is C=CC(=O)N/C(C)=C/C(=C\C)NC1=NC(C)(N)C2C=CN=C2N1. The Labute approximate surface area is 135 Å². The topological polar surface area (TPSA) is 104 Å². The van der Waals surface area contributed by atoms with Gasteiger partial charge in [-0.25, -0.2) is 9.98 Å². The van der Waals surface area contributed by atoms with Gasteiger partial charge in [-0.15, -0.1) is 0 Å². The molecule has 122 valence electrons. The van der Waals surface area contributed by atoms with Crippen molar-refractivity contribution in [3.05, 3.63) is 48.5 Å². The Morgan fingerprint density at radius 1 is 1.57 bits per heavy atom. The number of nitrogens with two attached hydrogens (primary N) is 1. The first kappa shape index (κ1) is 16.7. The Kier molecular flexibility index (Phi) is 4.80. The molecule has 5 N–H and O–H groups in total. The molecule has 23 heavy (non-hydrogen) atoms. The van der Waals surface area contributed by atoms with Gasteiger partial charge in [0.05, 0.1) is 5.92 Å². The van der Waals surface area contributed by atoms with Crippen LogP contribution in [0.2, 0.25) is 0 Å². The van der Waals surface area contributed by atoms with Crippen LogP contribution in [0.15, 0.2) is 58.5 Å². The van der Waals surface area contributed by atoms with Crippen LogP contribution in [0.5, 0.6) is 0 Å². The molecule has 7 nitrogen and oxygen atoms in total. The Morgan fingerprint density at radius 3 is 2.96 bits per heavy atom. The summed E-state index contributed by atoms with van der Waals surface area (Å²) in [6, 6.07) is 0. The highest BCUT2D eigenvalue weighted by molar-refractivity contribution is 6.06. The molecule has 0 aromatic rings. The number of nitrogens with one attached hydrogen (secondary N) is 3. The monoisotopic (exact) mass is 314 g/mol. The van der Waals surface area contributed by atoms with E-state index in [0.717, 1.165) is 11.5 Å². The number of amides is 1. The zero-order valence-corrected chi connectivity index (χ0v) is 13.6. The molecule has 2 atom stereocenters. The predicted molar refractivity (Wildman–Crippen MR) is 92.2 cm³/mol. The fourth-order valence-corrected chi connectivity index (χ4v) is 2.32. The number of hydrogen-bond donors (Lipinski definition) is 4. The molecule has 0 saturated heterocycles. The van der Waals surface area contributed by atoms with Gasteiger partial charge in [0.15, 0.2) is 0 Å². The van der Waals surface area contributed by atoms with Gasteiger partial charge in [-0.05, 0) is 32.9 Å². The van der Waals surface area contributed by atoms with E-state index >= 15 is 0 Å². The largest absolute Gasteiger partial charge is 0.326 e. The van der Waals surface area contributed by atoms with E-state index in [2.05, 4.69) is 32.5 Å². The summed E-state index contributed by atoms with van der Waals surface area (Å²) in [6.45, 7) is 8.94. The van der Waals surface area contributed by atoms with Crippen molar-refractivity contribution in [2.75, 3.05) is 0 Å². The number of rotatable bonds is 4. The zero-order chi connectivity index (χ0) is 17.0. The number of carbonyl (C=O) groups excluding carboxylic acids is 1. The van der Waals surface area contributed by atoms with Gasteiger partial charge in [0.25, 0.3) is 0 Å². The van der Waals surface area contributed by atoms with Crippen molar-refractivity contribution in [1.82, 2.24) is 16.0 Å². The maximum Gasteiger partial charge on any atom is 0.247 e. The molecule has 0 bridgehead atoms. The number of nitrogens with zero attached hydrogens (tertiary/aromatic N) is 2. The molecule has 0 saturated carbocycles. The smallest absolute Gasteiger partial charge is 0.247 e. The first-order valence-electron chi connectivity index (χ1n) is 7.31. The van der Waals surface area contributed by atoms with Gasteiger partial charge in [-0.2, -0.15) is 0 Å². The number of hydrogen-bond acceptors (Lipinski definition) is 6. The quantitative estimate of drug-likeness (QED) is 0.456. The molecule has 0 aliphatic carbocycles. The molecule has 0 aromatic carbocycles. The van der Waals surface area contributed by atoms with Crippen LogP contribution >= 0.6 is 0 Å². The van der Waals surface area contributed by atoms with Crippen LogP contribution in [0.3, 0.4) is 0 Å². The van der Waals surface area contributed by atoms with Gasteiger partial charge in [-0.3, -0.25) is 4.79 Å². The number of amidine groups is 1. The molecular formula is C16H22N6O. The summed E-state index contributed by atoms with van der Waals surface area (Å²) < 4.78 is 0. The minimum atomic E-state index is -0.770. The summed E-state index contributed by atoms with van der Waals surface area (Å²) in [7, 11) is 0. The molecule has 2 unspecified atom stereocenters. The lowest BCUT2D eigenvalue weighted by Gasteiger charge is -2.33. The highest BCUT2D eigenvalue weighted by Gasteiger charge is 2.38. The Hall–Kier alpha value is -2.67. The van der Waals surface area contributed by atoms with Crippen molar-refractivity contribution < 1.29 is 4.79 Å². The second-order valence-corrected chi connectivity index (χ2v) is 5.53. The van der Waals surface area contributed by atoms with Gasteiger partial charge < -0.3 is 21.7 Å². The van der Waals surface area contributed by atoms with Crippen molar-refractivity contribution in [2.45, 2.75) is 26.4 Å². The van der Waals surface area contributed by atoms with E-state index in [1.807, 2.05) is 26.0 Å². The van der Waals surface area contributed by atoms with Crippen LogP contribution in [-0.2, 0) is 4.79 Å². The lowest BCUT2D eigenvalue weighted by Crippen LogP contribution is -2.57. The number of carbonyl (C=O) groups is 1. The average molecular weight is 314 g/mol. The highest BCUT2D eigenvalue weighted by Crippen LogP contribution is 2.25. The molecule has 0 aromatic heterocycles. The maximum atomic E-state index is 11.3. The summed E-state index contributed by atoms with van der Waals surface area (Å²) in [5, 5.41) is 8.98. The summed E-state index contributed by atoms with van der Waals surface area (Å²) in [6.07, 6.45) is 8.52. The number of fused-ring (bicyclic) bond motifs is 1. The molecule has 2 rings (SSSR count). The van der Waals surface area contributed by atoms with Crippen LogP contribution in [0.4, 0.5) is 0 Å². The van der Waals surface area contributed by atoms with E-state index in [1.54, 1.807) is 19.2 Å². The number of allylic oxidation sites excluding steroid dienone is 3. The van der Waals surface area contributed by atoms with Crippen LogP contribution in [0.1, 0.15) is 20.8 Å². The van der Waals surface area contributed by atoms with Gasteiger partial charge >= 0.3 is 0 Å². The molecular weight excluding hydrogens is 292 g/mol. The normalized spacial score (nSPS) is 26.7. The van der Waals surface area contributed by atoms with E-state index in [0.29, 0.717) is 11.7 Å². The fraction of sp³-hybridized carbons (Fsp3) is 0.312. The summed E-state index contributed by atoms with van der Waals surface area (Å²) in [5.74, 6) is 0.974. The maximum absolute atomic E-state index is 11.3. The van der Waals surface area contributed by atoms with E-state index < -0.39 is 5.66 Å². The summed E-state index contributed by atoms with van der Waals surface area (Å²) >= 11 is 0. The minimum absolute atomic E-state index is 0.0498. The first-order valence-corrected chi connectivity index (χ1v) is 7.31. The Bertz CT molecular complexity index is 666. The van der Waals surface area contributed by atoms with Crippen LogP contribution < -0.4 is 21.7 Å². The van der Waals surface area contributed by atoms with Crippen molar-refractivity contribution in [3.63, 3.8) is 0 Å². The van der Waals surface area contributed by atoms with E-state index in [1.165, 1.54) is 6.08 Å². The second-order valence-electron chi connectivity index (χ2n) is 5.53. The fourth-order valence-electron chi connectivity index (χ4n) is 2.32. The van der Waals surface area contributed by atoms with E-state index in [-0.39, 0.29) is 11.8 Å². The molecule has 2 heterocycles. The minimum Gasteiger partial charge on any atom is -0.326 e. The Balaban J connectivity index is 2.12. The van der Waals surface area contributed by atoms with Crippen molar-refractivity contribution in [2.24, 2.45) is 21.6 Å². The van der Waals surface area contributed by atoms with Crippen LogP contribution in [-0.4, -0.2) is 23.4 Å². The van der Waals surface area contributed by atoms with E-state index in [9.17, 15) is 4.79 Å². The molecule has 0 radical (unpaired) electrons. The molecule has 0 spiro atoms. The third-order valence-electron chi connectivity index (χ3n) is 3.47. The molecule has 0 fully saturated rings. The first-order chi connectivity index (χ1) is 10.9. The standard InChI is InChI=1S/C16H22N6O/c1-5-11(9-10(3)19-13(23)6-2)20-15-21-14-12(7-8-18-14)16(4,17)22-15/h5-9,12H,2,17H2,1,3-4H3,(H,19,23)(H2,18,20,21,22)/b10-9+,11-5+. The summed E-state index contributed by atoms with van der Waals surface area (Å²) in [4.78, 5) is 20.1. The summed E-state index contributed by atoms with van der Waals surface area (Å²) in [5.41, 5.74) is 6.93. The number of aliphatic imine (C=N–C) groups is 2. The van der Waals surface area contributed by atoms with Crippen LogP contribution in [0.25, 0.3) is 0 Å². The van der Waals surface area contributed by atoms with Crippen LogP contribution in [0, 0.1) is 5.92 Å². The average Bonchev–Trinajstić information content (AvgIpc) is 2.95. The third kappa shape index (κ3) is 3.95. The van der Waals surface area contributed by atoms with Crippen molar-refractivity contribution >= 4 is 17.7 Å². The van der Waals surface area contributed by atoms with E-state index in [4.69, 9.17) is 5.73 Å². The predicted octanol–water partition coefficient (Wildman–Crippen LogP) is 0.862. The molecule has 2 aliphatic rings. The molecule has 2 aliphatic heterocycles. The zero-order valence-electron chi connectivity index (χ0n) is 13.6. The van der Waals surface area contributed by atoms with Gasteiger partial charge in [0.1, 0.15) is 11.5 Å². The van der Waals surface area contributed by atoms with Gasteiger partial charge in [0, 0.05) is 17.6 Å².